The van der Waals surface area contributed by atoms with Crippen LogP contribution < -0.4 is 10.1 Å². The quantitative estimate of drug-likeness (QED) is 0.140. The molecule has 0 atom stereocenters. The Hall–Kier alpha value is -4.70. The normalized spacial score (nSPS) is 11.5. The number of hydrogen-bond acceptors (Lipinski definition) is 3. The molecule has 0 heterocycles. The maximum Gasteiger partial charge on any atom is 0.228 e. The summed E-state index contributed by atoms with van der Waals surface area (Å²) >= 11 is 0. The van der Waals surface area contributed by atoms with Gasteiger partial charge in [0.2, 0.25) is 5.91 Å². The van der Waals surface area contributed by atoms with E-state index in [9.17, 15) is 9.59 Å². The maximum atomic E-state index is 13.1. The molecule has 1 amide bonds. The minimum absolute atomic E-state index is 0.0995. The first-order valence-electron chi connectivity index (χ1n) is 14.5. The molecule has 0 aliphatic heterocycles. The highest BCUT2D eigenvalue weighted by atomic mass is 16.5. The van der Waals surface area contributed by atoms with E-state index in [2.05, 4.69) is 51.2 Å². The number of allylic oxidation sites excluding steroid dienone is 1. The molecular weight excluding hydrogens is 518 g/mol. The molecule has 0 radical (unpaired) electrons. The topological polar surface area (TPSA) is 55.4 Å². The molecule has 0 aromatic heterocycles. The van der Waals surface area contributed by atoms with Gasteiger partial charge in [-0.25, -0.2) is 0 Å². The summed E-state index contributed by atoms with van der Waals surface area (Å²) < 4.78 is 5.96. The van der Waals surface area contributed by atoms with Crippen LogP contribution in [-0.4, -0.2) is 18.3 Å². The maximum absolute atomic E-state index is 13.1. The summed E-state index contributed by atoms with van der Waals surface area (Å²) in [5, 5.41) is 3.17. The van der Waals surface area contributed by atoms with Crippen molar-refractivity contribution in [2.75, 3.05) is 11.9 Å². The molecule has 0 fully saturated rings. The zero-order valence-electron chi connectivity index (χ0n) is 24.8. The molecule has 4 rings (SSSR count). The summed E-state index contributed by atoms with van der Waals surface area (Å²) in [6.45, 7) is 8.94. The molecule has 4 nitrogen and oxygen atoms in total. The SMILES string of the molecule is CC(C)c1cccc(C(C)C)c1NC(=O)Cc1cccc(C(=O)C=Cc2ccccc2OCC=Cc2ccccc2)c1. The van der Waals surface area contributed by atoms with Crippen molar-refractivity contribution in [1.29, 1.82) is 0 Å². The molecule has 214 valence electrons. The number of amides is 1. The third-order valence-electron chi connectivity index (χ3n) is 6.99. The Kier molecular flexibility index (Phi) is 10.7. The fourth-order valence-electron chi connectivity index (χ4n) is 4.80. The van der Waals surface area contributed by atoms with Crippen LogP contribution in [0.25, 0.3) is 12.2 Å². The Balaban J connectivity index is 1.41. The van der Waals surface area contributed by atoms with Crippen molar-refractivity contribution in [3.63, 3.8) is 0 Å². The lowest BCUT2D eigenvalue weighted by molar-refractivity contribution is -0.115. The lowest BCUT2D eigenvalue weighted by Crippen LogP contribution is -2.18. The molecule has 0 unspecified atom stereocenters. The van der Waals surface area contributed by atoms with Crippen LogP contribution in [-0.2, 0) is 11.2 Å². The Labute approximate surface area is 249 Å². The summed E-state index contributed by atoms with van der Waals surface area (Å²) in [7, 11) is 0. The second-order valence-electron chi connectivity index (χ2n) is 10.9. The highest BCUT2D eigenvalue weighted by Gasteiger charge is 2.16. The predicted molar refractivity (Wildman–Crippen MR) is 174 cm³/mol. The van der Waals surface area contributed by atoms with Gasteiger partial charge >= 0.3 is 0 Å². The van der Waals surface area contributed by atoms with Gasteiger partial charge < -0.3 is 10.1 Å². The van der Waals surface area contributed by atoms with Crippen molar-refractivity contribution in [2.45, 2.75) is 46.0 Å². The van der Waals surface area contributed by atoms with Gasteiger partial charge in [0.1, 0.15) is 12.4 Å². The van der Waals surface area contributed by atoms with E-state index in [0.717, 1.165) is 33.5 Å². The number of ether oxygens (including phenoxy) is 1. The van der Waals surface area contributed by atoms with Gasteiger partial charge in [0.15, 0.2) is 5.78 Å². The van der Waals surface area contributed by atoms with Crippen LogP contribution in [0, 0.1) is 0 Å². The van der Waals surface area contributed by atoms with Crippen molar-refractivity contribution >= 4 is 29.5 Å². The lowest BCUT2D eigenvalue weighted by atomic mass is 9.92. The average Bonchev–Trinajstić information content (AvgIpc) is 2.99. The van der Waals surface area contributed by atoms with Crippen molar-refractivity contribution < 1.29 is 14.3 Å². The number of rotatable bonds is 12. The minimum Gasteiger partial charge on any atom is -0.489 e. The van der Waals surface area contributed by atoms with Crippen LogP contribution in [0.5, 0.6) is 5.75 Å². The molecule has 0 aliphatic rings. The molecule has 4 aromatic rings. The third kappa shape index (κ3) is 8.40. The lowest BCUT2D eigenvalue weighted by Gasteiger charge is -2.20. The van der Waals surface area contributed by atoms with Crippen LogP contribution in [0.15, 0.2) is 109 Å². The van der Waals surface area contributed by atoms with Gasteiger partial charge in [-0.05, 0) is 64.5 Å². The van der Waals surface area contributed by atoms with Crippen molar-refractivity contribution in [2.24, 2.45) is 0 Å². The van der Waals surface area contributed by atoms with Crippen LogP contribution in [0.1, 0.15) is 77.7 Å². The Morgan fingerprint density at radius 2 is 1.43 bits per heavy atom. The van der Waals surface area contributed by atoms with E-state index in [1.807, 2.05) is 78.9 Å². The first-order valence-corrected chi connectivity index (χ1v) is 14.5. The number of nitrogens with one attached hydrogen (secondary N) is 1. The van der Waals surface area contributed by atoms with E-state index in [-0.39, 0.29) is 29.9 Å². The zero-order valence-corrected chi connectivity index (χ0v) is 24.8. The summed E-state index contributed by atoms with van der Waals surface area (Å²) in [5.74, 6) is 1.04. The molecule has 0 saturated carbocycles. The fraction of sp³-hybridized carbons (Fsp3) is 0.211. The van der Waals surface area contributed by atoms with E-state index in [0.29, 0.717) is 17.9 Å². The van der Waals surface area contributed by atoms with E-state index in [4.69, 9.17) is 4.74 Å². The Morgan fingerprint density at radius 1 is 0.762 bits per heavy atom. The minimum atomic E-state index is -0.136. The van der Waals surface area contributed by atoms with Crippen LogP contribution in [0.4, 0.5) is 5.69 Å². The van der Waals surface area contributed by atoms with Crippen LogP contribution in [0.2, 0.25) is 0 Å². The smallest absolute Gasteiger partial charge is 0.228 e. The molecule has 4 heteroatoms. The number of anilines is 1. The fourth-order valence-corrected chi connectivity index (χ4v) is 4.80. The van der Waals surface area contributed by atoms with Gasteiger partial charge in [-0.1, -0.05) is 119 Å². The van der Waals surface area contributed by atoms with E-state index >= 15 is 0 Å². The van der Waals surface area contributed by atoms with Gasteiger partial charge in [-0.3, -0.25) is 9.59 Å². The number of carbonyl (C=O) groups excluding carboxylic acids is 2. The Bertz CT molecular complexity index is 1540. The standard InChI is InChI=1S/C38H39NO3/c1-27(2)33-19-11-20-34(28(3)4)38(33)39-37(41)26-30-15-10-18-32(25-30)35(40)23-22-31-17-8-9-21-36(31)42-24-12-16-29-13-6-5-7-14-29/h5-23,25,27-28H,24,26H2,1-4H3,(H,39,41). The number of hydrogen-bond donors (Lipinski definition) is 1. The first-order chi connectivity index (χ1) is 20.3. The molecule has 1 N–H and O–H groups in total. The number of carbonyl (C=O) groups is 2. The second-order valence-corrected chi connectivity index (χ2v) is 10.9. The first kappa shape index (κ1) is 30.3. The van der Waals surface area contributed by atoms with Gasteiger partial charge in [0, 0.05) is 16.8 Å². The summed E-state index contributed by atoms with van der Waals surface area (Å²) in [4.78, 5) is 26.2. The highest BCUT2D eigenvalue weighted by Crippen LogP contribution is 2.32. The average molecular weight is 558 g/mol. The number of benzene rings is 4. The van der Waals surface area contributed by atoms with E-state index < -0.39 is 0 Å². The van der Waals surface area contributed by atoms with Gasteiger partial charge in [-0.2, -0.15) is 0 Å². The number of ketones is 1. The molecule has 0 saturated heterocycles. The molecule has 4 aromatic carbocycles. The van der Waals surface area contributed by atoms with Gasteiger partial charge in [0.05, 0.1) is 6.42 Å². The van der Waals surface area contributed by atoms with Crippen molar-refractivity contribution in [3.8, 4) is 5.75 Å². The van der Waals surface area contributed by atoms with Crippen molar-refractivity contribution in [3.05, 3.63) is 143 Å². The van der Waals surface area contributed by atoms with Crippen LogP contribution >= 0.6 is 0 Å². The largest absolute Gasteiger partial charge is 0.489 e. The second kappa shape index (κ2) is 14.8. The molecule has 0 spiro atoms. The monoisotopic (exact) mass is 557 g/mol. The third-order valence-corrected chi connectivity index (χ3v) is 6.99. The predicted octanol–water partition coefficient (Wildman–Crippen LogP) is 9.10. The summed E-state index contributed by atoms with van der Waals surface area (Å²) in [6, 6.07) is 31.2. The summed E-state index contributed by atoms with van der Waals surface area (Å²) in [6.07, 6.45) is 7.49. The van der Waals surface area contributed by atoms with E-state index in [1.54, 1.807) is 24.3 Å². The van der Waals surface area contributed by atoms with E-state index in [1.165, 1.54) is 0 Å². The van der Waals surface area contributed by atoms with Gasteiger partial charge in [0.25, 0.3) is 0 Å². The van der Waals surface area contributed by atoms with Gasteiger partial charge in [-0.15, -0.1) is 0 Å². The van der Waals surface area contributed by atoms with Crippen molar-refractivity contribution in [1.82, 2.24) is 0 Å². The highest BCUT2D eigenvalue weighted by molar-refractivity contribution is 6.07. The Morgan fingerprint density at radius 3 is 2.14 bits per heavy atom. The molecule has 0 bridgehead atoms. The number of para-hydroxylation sites is 2. The summed E-state index contributed by atoms with van der Waals surface area (Å²) in [5.41, 5.74) is 6.40. The molecule has 42 heavy (non-hydrogen) atoms. The zero-order chi connectivity index (χ0) is 29.9. The molecule has 0 aliphatic carbocycles. The molecular formula is C38H39NO3. The van der Waals surface area contributed by atoms with Crippen LogP contribution in [0.3, 0.4) is 0 Å².